The lowest BCUT2D eigenvalue weighted by molar-refractivity contribution is -0.151. The number of nitrogens with zero attached hydrogens (tertiary/aromatic N) is 1. The van der Waals surface area contributed by atoms with Gasteiger partial charge in [0, 0.05) is 13.1 Å². The summed E-state index contributed by atoms with van der Waals surface area (Å²) in [6.07, 6.45) is 1.15. The summed E-state index contributed by atoms with van der Waals surface area (Å²) in [6.45, 7) is 5.98. The van der Waals surface area contributed by atoms with Crippen LogP contribution >= 0.6 is 0 Å². The summed E-state index contributed by atoms with van der Waals surface area (Å²) >= 11 is 0. The molecule has 0 aromatic heterocycles. The monoisotopic (exact) mass is 215 g/mol. The number of likely N-dealkylation sites (tertiary alicyclic amines) is 1. The first-order valence-electron chi connectivity index (χ1n) is 5.19. The number of hydrogen-bond donors (Lipinski definition) is 0. The van der Waals surface area contributed by atoms with Crippen molar-refractivity contribution in [3.05, 3.63) is 11.9 Å². The Morgan fingerprint density at radius 3 is 2.87 bits per heavy atom. The molecule has 86 valence electrons. The summed E-state index contributed by atoms with van der Waals surface area (Å²) in [5.41, 5.74) is -0.281. The van der Waals surface area contributed by atoms with Crippen molar-refractivity contribution in [3.8, 4) is 0 Å². The summed E-state index contributed by atoms with van der Waals surface area (Å²) in [7, 11) is 1.34. The Hall–Kier alpha value is -0.900. The zero-order valence-electron chi connectivity index (χ0n) is 9.55. The second-order valence-corrected chi connectivity index (χ2v) is 4.08. The lowest BCUT2D eigenvalue weighted by Crippen LogP contribution is -2.47. The minimum absolute atomic E-state index is 0.357. The Labute approximate surface area is 89.9 Å². The molecule has 0 spiro atoms. The SMILES string of the molecule is CCN1CC/C(=C\F)[C@](C)(C(=O)OC)C1. The molecule has 1 atom stereocenters. The molecule has 1 aliphatic heterocycles. The summed E-state index contributed by atoms with van der Waals surface area (Å²) < 4.78 is 17.5. The van der Waals surface area contributed by atoms with Crippen molar-refractivity contribution in [1.29, 1.82) is 0 Å². The van der Waals surface area contributed by atoms with Gasteiger partial charge in [-0.05, 0) is 25.5 Å². The Bertz CT molecular complexity index is 278. The van der Waals surface area contributed by atoms with Crippen LogP contribution in [-0.4, -0.2) is 37.6 Å². The van der Waals surface area contributed by atoms with Crippen LogP contribution in [-0.2, 0) is 9.53 Å². The molecule has 0 unspecified atom stereocenters. The van der Waals surface area contributed by atoms with E-state index in [9.17, 15) is 9.18 Å². The highest BCUT2D eigenvalue weighted by atomic mass is 19.1. The Balaban J connectivity index is 2.93. The zero-order chi connectivity index (χ0) is 11.5. The molecular formula is C11H18FNO2. The van der Waals surface area contributed by atoms with E-state index in [0.29, 0.717) is 24.9 Å². The maximum atomic E-state index is 12.7. The molecule has 1 aliphatic rings. The normalized spacial score (nSPS) is 30.5. The summed E-state index contributed by atoms with van der Waals surface area (Å²) in [6, 6.07) is 0. The van der Waals surface area contributed by atoms with Gasteiger partial charge in [-0.2, -0.15) is 0 Å². The van der Waals surface area contributed by atoms with Gasteiger partial charge in [0.2, 0.25) is 0 Å². The van der Waals surface area contributed by atoms with Gasteiger partial charge in [-0.15, -0.1) is 0 Å². The number of esters is 1. The third-order valence-corrected chi connectivity index (χ3v) is 3.16. The molecule has 0 radical (unpaired) electrons. The Kier molecular flexibility index (Phi) is 3.85. The molecular weight excluding hydrogens is 197 g/mol. The number of halogens is 1. The summed E-state index contributed by atoms with van der Waals surface area (Å²) in [5.74, 6) is -0.357. The first kappa shape index (κ1) is 12.2. The lowest BCUT2D eigenvalue weighted by atomic mass is 9.78. The van der Waals surface area contributed by atoms with Crippen molar-refractivity contribution in [2.45, 2.75) is 20.3 Å². The van der Waals surface area contributed by atoms with E-state index in [0.717, 1.165) is 13.1 Å². The van der Waals surface area contributed by atoms with E-state index in [1.807, 2.05) is 6.92 Å². The third-order valence-electron chi connectivity index (χ3n) is 3.16. The van der Waals surface area contributed by atoms with Gasteiger partial charge in [0.1, 0.15) is 5.41 Å². The second kappa shape index (κ2) is 4.75. The van der Waals surface area contributed by atoms with Gasteiger partial charge in [0.05, 0.1) is 13.4 Å². The van der Waals surface area contributed by atoms with Crippen molar-refractivity contribution in [1.82, 2.24) is 4.90 Å². The summed E-state index contributed by atoms with van der Waals surface area (Å²) in [5, 5.41) is 0. The van der Waals surface area contributed by atoms with Crippen LogP contribution in [0.1, 0.15) is 20.3 Å². The van der Waals surface area contributed by atoms with Gasteiger partial charge in [-0.1, -0.05) is 6.92 Å². The van der Waals surface area contributed by atoms with Gasteiger partial charge in [0.25, 0.3) is 0 Å². The summed E-state index contributed by atoms with van der Waals surface area (Å²) in [4.78, 5) is 13.8. The number of hydrogen-bond acceptors (Lipinski definition) is 3. The minimum atomic E-state index is -0.822. The predicted octanol–water partition coefficient (Wildman–Crippen LogP) is 1.74. The number of methoxy groups -OCH3 is 1. The van der Waals surface area contributed by atoms with Gasteiger partial charge in [0.15, 0.2) is 0 Å². The molecule has 0 aliphatic carbocycles. The Morgan fingerprint density at radius 1 is 1.73 bits per heavy atom. The van der Waals surface area contributed by atoms with Crippen LogP contribution in [0, 0.1) is 5.41 Å². The average molecular weight is 215 g/mol. The highest BCUT2D eigenvalue weighted by Crippen LogP contribution is 2.35. The molecule has 0 aromatic rings. The largest absolute Gasteiger partial charge is 0.468 e. The first-order chi connectivity index (χ1) is 7.08. The molecule has 0 aromatic carbocycles. The van der Waals surface area contributed by atoms with Crippen LogP contribution in [0.25, 0.3) is 0 Å². The molecule has 1 heterocycles. The van der Waals surface area contributed by atoms with E-state index in [4.69, 9.17) is 4.74 Å². The predicted molar refractivity (Wildman–Crippen MR) is 56.0 cm³/mol. The van der Waals surface area contributed by atoms with E-state index in [1.165, 1.54) is 7.11 Å². The van der Waals surface area contributed by atoms with Crippen LogP contribution in [0.2, 0.25) is 0 Å². The molecule has 0 bridgehead atoms. The van der Waals surface area contributed by atoms with E-state index in [2.05, 4.69) is 4.90 Å². The molecule has 3 nitrogen and oxygen atoms in total. The van der Waals surface area contributed by atoms with Crippen molar-refractivity contribution >= 4 is 5.97 Å². The molecule has 1 saturated heterocycles. The molecule has 15 heavy (non-hydrogen) atoms. The van der Waals surface area contributed by atoms with E-state index in [-0.39, 0.29) is 5.97 Å². The third kappa shape index (κ3) is 2.20. The highest BCUT2D eigenvalue weighted by molar-refractivity contribution is 5.80. The molecule has 4 heteroatoms. The smallest absolute Gasteiger partial charge is 0.317 e. The molecule has 1 fully saturated rings. The molecule has 0 saturated carbocycles. The van der Waals surface area contributed by atoms with Crippen LogP contribution in [0.5, 0.6) is 0 Å². The maximum absolute atomic E-state index is 12.7. The zero-order valence-corrected chi connectivity index (χ0v) is 9.55. The van der Waals surface area contributed by atoms with E-state index >= 15 is 0 Å². The van der Waals surface area contributed by atoms with Crippen LogP contribution < -0.4 is 0 Å². The van der Waals surface area contributed by atoms with Gasteiger partial charge in [-0.25, -0.2) is 4.39 Å². The fourth-order valence-electron chi connectivity index (χ4n) is 2.05. The topological polar surface area (TPSA) is 29.5 Å². The van der Waals surface area contributed by atoms with Crippen molar-refractivity contribution in [3.63, 3.8) is 0 Å². The quantitative estimate of drug-likeness (QED) is 0.657. The standard InChI is InChI=1S/C11H18FNO2/c1-4-13-6-5-9(7-12)11(2,8-13)10(14)15-3/h7H,4-6,8H2,1-3H3/b9-7+/t11-/m1/s1. The van der Waals surface area contributed by atoms with Crippen molar-refractivity contribution < 1.29 is 13.9 Å². The minimum Gasteiger partial charge on any atom is -0.468 e. The molecule has 0 amide bonds. The Morgan fingerprint density at radius 2 is 2.40 bits per heavy atom. The highest BCUT2D eigenvalue weighted by Gasteiger charge is 2.42. The number of piperidine rings is 1. The first-order valence-corrected chi connectivity index (χ1v) is 5.19. The molecule has 1 rings (SSSR count). The number of carbonyl (C=O) groups excluding carboxylic acids is 1. The number of carbonyl (C=O) groups is 1. The number of rotatable bonds is 2. The fourth-order valence-corrected chi connectivity index (χ4v) is 2.05. The lowest BCUT2D eigenvalue weighted by Gasteiger charge is -2.39. The van der Waals surface area contributed by atoms with Crippen molar-refractivity contribution in [2.75, 3.05) is 26.7 Å². The van der Waals surface area contributed by atoms with Gasteiger partial charge in [-0.3, -0.25) is 4.79 Å². The number of ether oxygens (including phenoxy) is 1. The maximum Gasteiger partial charge on any atom is 0.317 e. The van der Waals surface area contributed by atoms with Crippen LogP contribution in [0.3, 0.4) is 0 Å². The molecule has 0 N–H and O–H groups in total. The van der Waals surface area contributed by atoms with Crippen LogP contribution in [0.15, 0.2) is 11.9 Å². The average Bonchev–Trinajstić information content (AvgIpc) is 2.27. The van der Waals surface area contributed by atoms with Crippen molar-refractivity contribution in [2.24, 2.45) is 5.41 Å². The van der Waals surface area contributed by atoms with E-state index in [1.54, 1.807) is 6.92 Å². The van der Waals surface area contributed by atoms with E-state index < -0.39 is 5.41 Å². The van der Waals surface area contributed by atoms with Gasteiger partial charge < -0.3 is 9.64 Å². The second-order valence-electron chi connectivity index (χ2n) is 4.08. The van der Waals surface area contributed by atoms with Crippen LogP contribution in [0.4, 0.5) is 4.39 Å². The van der Waals surface area contributed by atoms with Gasteiger partial charge >= 0.3 is 5.97 Å². The fraction of sp³-hybridized carbons (Fsp3) is 0.727.